The van der Waals surface area contributed by atoms with Gasteiger partial charge in [0, 0.05) is 35.8 Å². The molecule has 1 aromatic carbocycles. The van der Waals surface area contributed by atoms with Crippen molar-refractivity contribution in [1.29, 1.82) is 0 Å². The largest absolute Gasteiger partial charge is 0.365 e. The van der Waals surface area contributed by atoms with Crippen molar-refractivity contribution in [2.45, 2.75) is 64.1 Å². The van der Waals surface area contributed by atoms with Gasteiger partial charge in [-0.25, -0.2) is 9.37 Å². The Hall–Kier alpha value is -4.61. The van der Waals surface area contributed by atoms with Gasteiger partial charge in [-0.3, -0.25) is 14.7 Å². The van der Waals surface area contributed by atoms with E-state index in [9.17, 15) is 9.59 Å². The standard InChI is InChI=1S/C28H31FN8O3/c1-5-21(38)32-17-8-9-18(13-17)33-24-22-19(10-11-30-23(22)35-36-24)15-6-7-16(20(29)12-15)14-31-26(39)25-34-27(40-37-25)28(2,3)4/h5-7,10-12,17-18H,1,8-9,13-14H2,2-4H3,(H,31,39)(H,32,38)(H2,30,33,35,36)/t17-,18?/m0/s1. The van der Waals surface area contributed by atoms with Crippen LogP contribution in [0.2, 0.25) is 0 Å². The number of halogens is 1. The van der Waals surface area contributed by atoms with Gasteiger partial charge in [0.15, 0.2) is 11.5 Å². The highest BCUT2D eigenvalue weighted by molar-refractivity contribution is 6.00. The Kier molecular flexibility index (Phi) is 7.33. The Bertz CT molecular complexity index is 1570. The summed E-state index contributed by atoms with van der Waals surface area (Å²) in [6, 6.07) is 6.83. The zero-order valence-corrected chi connectivity index (χ0v) is 22.5. The molecular weight excluding hydrogens is 515 g/mol. The fourth-order valence-corrected chi connectivity index (χ4v) is 4.73. The molecule has 2 amide bonds. The van der Waals surface area contributed by atoms with E-state index >= 15 is 4.39 Å². The Morgan fingerprint density at radius 1 is 1.23 bits per heavy atom. The summed E-state index contributed by atoms with van der Waals surface area (Å²) in [6.45, 7) is 9.15. The third-order valence-electron chi connectivity index (χ3n) is 6.84. The highest BCUT2D eigenvalue weighted by Crippen LogP contribution is 2.34. The van der Waals surface area contributed by atoms with Gasteiger partial charge in [0.1, 0.15) is 5.82 Å². The maximum Gasteiger partial charge on any atom is 0.292 e. The van der Waals surface area contributed by atoms with Gasteiger partial charge in [0.25, 0.3) is 11.7 Å². The Morgan fingerprint density at radius 2 is 2.02 bits per heavy atom. The van der Waals surface area contributed by atoms with E-state index < -0.39 is 17.1 Å². The molecule has 4 N–H and O–H groups in total. The topological polar surface area (TPSA) is 151 Å². The molecule has 1 aliphatic rings. The molecule has 1 saturated carbocycles. The van der Waals surface area contributed by atoms with E-state index in [1.807, 2.05) is 26.8 Å². The van der Waals surface area contributed by atoms with E-state index in [0.717, 1.165) is 30.2 Å². The molecule has 2 atom stereocenters. The molecule has 0 bridgehead atoms. The number of anilines is 1. The number of amides is 2. The molecule has 4 aromatic rings. The molecule has 40 heavy (non-hydrogen) atoms. The number of aromatic amines is 1. The van der Waals surface area contributed by atoms with Gasteiger partial charge in [-0.2, -0.15) is 10.1 Å². The number of H-pyrrole nitrogens is 1. The summed E-state index contributed by atoms with van der Waals surface area (Å²) in [5.74, 6) is -0.344. The SMILES string of the molecule is C=CC(=O)N[C@H]1CCC(Nc2n[nH]c3nccc(-c4ccc(CNC(=O)c5noc(C(C)(C)C)n5)c(F)c4)c23)C1. The maximum atomic E-state index is 15.2. The van der Waals surface area contributed by atoms with E-state index in [2.05, 4.69) is 47.9 Å². The maximum absolute atomic E-state index is 15.2. The number of rotatable bonds is 8. The summed E-state index contributed by atoms with van der Waals surface area (Å²) >= 11 is 0. The van der Waals surface area contributed by atoms with E-state index in [0.29, 0.717) is 28.5 Å². The van der Waals surface area contributed by atoms with Crippen LogP contribution < -0.4 is 16.0 Å². The van der Waals surface area contributed by atoms with Crippen molar-refractivity contribution in [1.82, 2.24) is 36.0 Å². The molecular formula is C28H31FN8O3. The molecule has 3 aromatic heterocycles. The minimum absolute atomic E-state index is 0.0418. The highest BCUT2D eigenvalue weighted by atomic mass is 19.1. The van der Waals surface area contributed by atoms with Gasteiger partial charge in [0.05, 0.1) is 5.39 Å². The summed E-state index contributed by atoms with van der Waals surface area (Å²) < 4.78 is 20.3. The van der Waals surface area contributed by atoms with E-state index in [1.54, 1.807) is 18.3 Å². The van der Waals surface area contributed by atoms with Gasteiger partial charge >= 0.3 is 0 Å². The lowest BCUT2D eigenvalue weighted by Crippen LogP contribution is -2.32. The highest BCUT2D eigenvalue weighted by Gasteiger charge is 2.27. The lowest BCUT2D eigenvalue weighted by Gasteiger charge is -2.14. The average molecular weight is 547 g/mol. The first-order valence-electron chi connectivity index (χ1n) is 13.1. The zero-order chi connectivity index (χ0) is 28.4. The third kappa shape index (κ3) is 5.70. The van der Waals surface area contributed by atoms with Crippen LogP contribution in [0.1, 0.15) is 62.1 Å². The van der Waals surface area contributed by atoms with E-state index in [4.69, 9.17) is 4.52 Å². The van der Waals surface area contributed by atoms with Crippen LogP contribution in [0.4, 0.5) is 10.2 Å². The predicted octanol–water partition coefficient (Wildman–Crippen LogP) is 4.01. The number of pyridine rings is 1. The third-order valence-corrected chi connectivity index (χ3v) is 6.84. The lowest BCUT2D eigenvalue weighted by molar-refractivity contribution is -0.117. The molecule has 1 unspecified atom stereocenters. The summed E-state index contributed by atoms with van der Waals surface area (Å²) in [5.41, 5.74) is 1.89. The van der Waals surface area contributed by atoms with Crippen LogP contribution in [-0.4, -0.2) is 49.2 Å². The van der Waals surface area contributed by atoms with Crippen molar-refractivity contribution in [3.8, 4) is 11.1 Å². The van der Waals surface area contributed by atoms with Crippen molar-refractivity contribution in [3.63, 3.8) is 0 Å². The predicted molar refractivity (Wildman–Crippen MR) is 147 cm³/mol. The second-order valence-corrected chi connectivity index (χ2v) is 10.9. The molecule has 1 fully saturated rings. The summed E-state index contributed by atoms with van der Waals surface area (Å²) in [4.78, 5) is 32.6. The van der Waals surface area contributed by atoms with Crippen LogP contribution in [0.5, 0.6) is 0 Å². The number of nitrogens with one attached hydrogen (secondary N) is 4. The number of nitrogens with zero attached hydrogens (tertiary/aromatic N) is 4. The first-order valence-corrected chi connectivity index (χ1v) is 13.1. The normalized spacial score (nSPS) is 17.1. The van der Waals surface area contributed by atoms with Gasteiger partial charge in [0.2, 0.25) is 11.8 Å². The van der Waals surface area contributed by atoms with Gasteiger partial charge in [-0.05, 0) is 48.6 Å². The first kappa shape index (κ1) is 27.0. The molecule has 0 spiro atoms. The minimum Gasteiger partial charge on any atom is -0.365 e. The molecule has 0 radical (unpaired) electrons. The van der Waals surface area contributed by atoms with Crippen LogP contribution in [0.3, 0.4) is 0 Å². The molecule has 0 saturated heterocycles. The van der Waals surface area contributed by atoms with Crippen LogP contribution >= 0.6 is 0 Å². The van der Waals surface area contributed by atoms with Crippen LogP contribution in [0.15, 0.2) is 47.6 Å². The number of carbonyl (C=O) groups is 2. The van der Waals surface area contributed by atoms with Crippen molar-refractivity contribution >= 4 is 28.7 Å². The van der Waals surface area contributed by atoms with E-state index in [-0.39, 0.29) is 30.4 Å². The number of fused-ring (bicyclic) bond motifs is 1. The van der Waals surface area contributed by atoms with Crippen LogP contribution in [0.25, 0.3) is 22.2 Å². The number of hydrogen-bond acceptors (Lipinski definition) is 8. The molecule has 12 heteroatoms. The zero-order valence-electron chi connectivity index (χ0n) is 22.5. The van der Waals surface area contributed by atoms with Crippen LogP contribution in [-0.2, 0) is 16.8 Å². The van der Waals surface area contributed by atoms with Gasteiger partial charge in [-0.1, -0.05) is 44.6 Å². The molecule has 3 heterocycles. The van der Waals surface area contributed by atoms with Crippen molar-refractivity contribution in [3.05, 3.63) is 66.2 Å². The molecule has 0 aliphatic heterocycles. The number of carbonyl (C=O) groups excluding carboxylic acids is 2. The molecule has 208 valence electrons. The summed E-state index contributed by atoms with van der Waals surface area (Å²) in [5, 5.41) is 20.9. The van der Waals surface area contributed by atoms with Gasteiger partial charge in [-0.15, -0.1) is 0 Å². The van der Waals surface area contributed by atoms with Crippen molar-refractivity contribution in [2.75, 3.05) is 5.32 Å². The van der Waals surface area contributed by atoms with Gasteiger partial charge < -0.3 is 20.5 Å². The molecule has 11 nitrogen and oxygen atoms in total. The quantitative estimate of drug-likeness (QED) is 0.242. The summed E-state index contributed by atoms with van der Waals surface area (Å²) in [7, 11) is 0. The fraction of sp³-hybridized carbons (Fsp3) is 0.357. The fourth-order valence-electron chi connectivity index (χ4n) is 4.73. The Labute approximate surface area is 230 Å². The van der Waals surface area contributed by atoms with Crippen LogP contribution in [0, 0.1) is 5.82 Å². The second-order valence-electron chi connectivity index (χ2n) is 10.9. The number of hydrogen-bond donors (Lipinski definition) is 4. The Morgan fingerprint density at radius 3 is 2.75 bits per heavy atom. The number of benzene rings is 1. The molecule has 5 rings (SSSR count). The monoisotopic (exact) mass is 546 g/mol. The second kappa shape index (κ2) is 10.9. The minimum atomic E-state index is -0.550. The number of aromatic nitrogens is 5. The molecule has 1 aliphatic carbocycles. The first-order chi connectivity index (χ1) is 19.1. The van der Waals surface area contributed by atoms with E-state index in [1.165, 1.54) is 12.1 Å². The van der Waals surface area contributed by atoms with Crippen molar-refractivity contribution < 1.29 is 18.5 Å². The van der Waals surface area contributed by atoms with Crippen molar-refractivity contribution in [2.24, 2.45) is 0 Å². The Balaban J connectivity index is 1.30. The smallest absolute Gasteiger partial charge is 0.292 e. The lowest BCUT2D eigenvalue weighted by atomic mass is 9.97. The summed E-state index contributed by atoms with van der Waals surface area (Å²) in [6.07, 6.45) is 5.37. The average Bonchev–Trinajstić information content (AvgIpc) is 3.68.